The van der Waals surface area contributed by atoms with Crippen molar-refractivity contribution >= 4 is 58.6 Å². The number of nitrogens with one attached hydrogen (secondary N) is 2. The molecule has 164 valence electrons. The third kappa shape index (κ3) is 5.44. The van der Waals surface area contributed by atoms with Crippen molar-refractivity contribution in [3.05, 3.63) is 84.4 Å². The van der Waals surface area contributed by atoms with Crippen molar-refractivity contribution in [3.63, 3.8) is 0 Å². The third-order valence-corrected chi connectivity index (χ3v) is 6.47. The molecule has 0 saturated carbocycles. The van der Waals surface area contributed by atoms with Crippen LogP contribution in [0.2, 0.25) is 0 Å². The molecule has 0 aliphatic rings. The molecule has 7 nitrogen and oxygen atoms in total. The van der Waals surface area contributed by atoms with Gasteiger partial charge in [0.1, 0.15) is 5.82 Å². The topological polar surface area (TPSA) is 117 Å². The minimum atomic E-state index is -0.604. The van der Waals surface area contributed by atoms with Crippen LogP contribution in [0.1, 0.15) is 10.4 Å². The monoisotopic (exact) mass is 465 g/mol. The molecule has 1 aromatic heterocycles. The summed E-state index contributed by atoms with van der Waals surface area (Å²) in [5.74, 6) is -0.310. The Morgan fingerprint density at radius 3 is 2.00 bits per heavy atom. The van der Waals surface area contributed by atoms with Crippen molar-refractivity contribution in [2.75, 3.05) is 16.1 Å². The molecule has 0 spiro atoms. The SMILES string of the molecule is CN.NC(=O)c1c(NC=O)[nH]c2cc(N(Sc3ccccc3)Sc3ccccc3)ccc12. The van der Waals surface area contributed by atoms with E-state index >= 15 is 0 Å². The standard InChI is InChI=1S/C22H18N4O2S2.CH5N/c23-21(28)20-18-12-11-15(13-19(18)25-22(20)24-14-27)26(29-16-7-3-1-4-8-16)30-17-9-5-2-6-10-17;1-2/h1-14,25H,(H2,23,28)(H,24,27);2H2,1H3. The zero-order valence-electron chi connectivity index (χ0n) is 17.3. The van der Waals surface area contributed by atoms with Gasteiger partial charge in [0.15, 0.2) is 0 Å². The summed E-state index contributed by atoms with van der Waals surface area (Å²) in [7, 11) is 1.50. The number of aromatic amines is 1. The summed E-state index contributed by atoms with van der Waals surface area (Å²) in [4.78, 5) is 28.1. The van der Waals surface area contributed by atoms with Crippen molar-refractivity contribution in [1.82, 2.24) is 4.98 Å². The quantitative estimate of drug-likeness (QED) is 0.223. The lowest BCUT2D eigenvalue weighted by atomic mass is 10.1. The number of aromatic nitrogens is 1. The maximum Gasteiger partial charge on any atom is 0.253 e. The Labute approximate surface area is 194 Å². The van der Waals surface area contributed by atoms with Crippen molar-refractivity contribution in [3.8, 4) is 0 Å². The molecule has 0 fully saturated rings. The van der Waals surface area contributed by atoms with Crippen molar-refractivity contribution in [2.24, 2.45) is 11.5 Å². The highest BCUT2D eigenvalue weighted by Crippen LogP contribution is 2.40. The van der Waals surface area contributed by atoms with Gasteiger partial charge < -0.3 is 21.8 Å². The molecule has 9 heteroatoms. The van der Waals surface area contributed by atoms with Crippen molar-refractivity contribution in [1.29, 1.82) is 0 Å². The van der Waals surface area contributed by atoms with E-state index in [2.05, 4.69) is 19.7 Å². The first-order chi connectivity index (χ1) is 15.7. The van der Waals surface area contributed by atoms with E-state index in [0.717, 1.165) is 15.5 Å². The first-order valence-electron chi connectivity index (χ1n) is 9.65. The first-order valence-corrected chi connectivity index (χ1v) is 11.2. The second-order valence-electron chi connectivity index (χ2n) is 6.30. The molecule has 4 rings (SSSR count). The molecule has 0 radical (unpaired) electrons. The number of nitrogens with zero attached hydrogens (tertiary/aromatic N) is 1. The van der Waals surface area contributed by atoms with Crippen LogP contribution in [-0.4, -0.2) is 24.3 Å². The number of nitrogens with two attached hydrogens (primary N) is 2. The summed E-state index contributed by atoms with van der Waals surface area (Å²) in [6, 6.07) is 25.9. The second kappa shape index (κ2) is 11.3. The lowest BCUT2D eigenvalue weighted by Crippen LogP contribution is -2.13. The number of anilines is 2. The minimum Gasteiger partial charge on any atom is -0.365 e. The Kier molecular flexibility index (Phi) is 8.20. The van der Waals surface area contributed by atoms with Gasteiger partial charge in [0, 0.05) is 20.7 Å². The van der Waals surface area contributed by atoms with Gasteiger partial charge in [0.05, 0.1) is 11.3 Å². The molecular formula is C23H23N5O2S2. The fourth-order valence-electron chi connectivity index (χ4n) is 3.00. The van der Waals surface area contributed by atoms with E-state index in [9.17, 15) is 9.59 Å². The summed E-state index contributed by atoms with van der Waals surface area (Å²) < 4.78 is 2.10. The molecule has 0 unspecified atom stereocenters. The largest absolute Gasteiger partial charge is 0.365 e. The van der Waals surface area contributed by atoms with Crippen molar-refractivity contribution in [2.45, 2.75) is 9.79 Å². The first kappa shape index (κ1) is 23.3. The predicted molar refractivity (Wildman–Crippen MR) is 134 cm³/mol. The van der Waals surface area contributed by atoms with Crippen LogP contribution < -0.4 is 20.5 Å². The Morgan fingerprint density at radius 1 is 0.938 bits per heavy atom. The fraction of sp³-hybridized carbons (Fsp3) is 0.0435. The van der Waals surface area contributed by atoms with Gasteiger partial charge in [-0.15, -0.1) is 0 Å². The van der Waals surface area contributed by atoms with Crippen LogP contribution in [0, 0.1) is 0 Å². The van der Waals surface area contributed by atoms with E-state index in [-0.39, 0.29) is 5.56 Å². The molecule has 0 aliphatic carbocycles. The average Bonchev–Trinajstić information content (AvgIpc) is 3.19. The van der Waals surface area contributed by atoms with E-state index in [1.54, 1.807) is 23.9 Å². The van der Waals surface area contributed by atoms with Gasteiger partial charge in [-0.05, 0) is 73.4 Å². The lowest BCUT2D eigenvalue weighted by molar-refractivity contribution is -0.105. The number of hydrogen-bond acceptors (Lipinski definition) is 6. The zero-order chi connectivity index (χ0) is 22.9. The normalized spacial score (nSPS) is 10.2. The summed E-state index contributed by atoms with van der Waals surface area (Å²) in [5.41, 5.74) is 11.9. The van der Waals surface area contributed by atoms with Crippen LogP contribution in [0.25, 0.3) is 10.9 Å². The predicted octanol–water partition coefficient (Wildman–Crippen LogP) is 4.63. The number of primary amides is 1. The number of fused-ring (bicyclic) bond motifs is 1. The Bertz CT molecular complexity index is 1140. The van der Waals surface area contributed by atoms with Crippen LogP contribution in [0.5, 0.6) is 0 Å². The summed E-state index contributed by atoms with van der Waals surface area (Å²) in [6.45, 7) is 0. The lowest BCUT2D eigenvalue weighted by Gasteiger charge is -2.22. The van der Waals surface area contributed by atoms with E-state index < -0.39 is 5.91 Å². The second-order valence-corrected chi connectivity index (χ2v) is 8.57. The van der Waals surface area contributed by atoms with Gasteiger partial charge in [0.25, 0.3) is 5.91 Å². The van der Waals surface area contributed by atoms with Crippen LogP contribution in [0.3, 0.4) is 0 Å². The average molecular weight is 466 g/mol. The molecule has 6 N–H and O–H groups in total. The van der Waals surface area contributed by atoms with E-state index in [1.807, 2.05) is 78.9 Å². The van der Waals surface area contributed by atoms with Crippen LogP contribution in [0.15, 0.2) is 88.7 Å². The summed E-state index contributed by atoms with van der Waals surface area (Å²) in [6.07, 6.45) is 0.515. The van der Waals surface area contributed by atoms with E-state index in [4.69, 9.17) is 5.73 Å². The van der Waals surface area contributed by atoms with Crippen LogP contribution in [-0.2, 0) is 4.79 Å². The highest BCUT2D eigenvalue weighted by atomic mass is 32.2. The highest BCUT2D eigenvalue weighted by Gasteiger charge is 2.18. The molecule has 2 amide bonds. The number of carbonyl (C=O) groups is 2. The fourth-order valence-corrected chi connectivity index (χ4v) is 5.04. The third-order valence-electron chi connectivity index (χ3n) is 4.31. The molecule has 4 aromatic rings. The minimum absolute atomic E-state index is 0.265. The van der Waals surface area contributed by atoms with E-state index in [1.165, 1.54) is 7.05 Å². The number of hydrogen-bond donors (Lipinski definition) is 4. The molecule has 0 bridgehead atoms. The molecule has 1 heterocycles. The Morgan fingerprint density at radius 2 is 1.50 bits per heavy atom. The Balaban J connectivity index is 0.00000141. The van der Waals surface area contributed by atoms with Gasteiger partial charge in [-0.1, -0.05) is 36.4 Å². The van der Waals surface area contributed by atoms with Gasteiger partial charge in [0.2, 0.25) is 6.41 Å². The number of amides is 2. The van der Waals surface area contributed by atoms with Gasteiger partial charge in [-0.2, -0.15) is 0 Å². The number of H-pyrrole nitrogens is 1. The molecule has 0 saturated heterocycles. The van der Waals surface area contributed by atoms with Crippen LogP contribution in [0.4, 0.5) is 11.5 Å². The van der Waals surface area contributed by atoms with Crippen molar-refractivity contribution < 1.29 is 9.59 Å². The molecule has 3 aromatic carbocycles. The van der Waals surface area contributed by atoms with Gasteiger partial charge >= 0.3 is 0 Å². The molecular weight excluding hydrogens is 442 g/mol. The van der Waals surface area contributed by atoms with Crippen LogP contribution >= 0.6 is 23.9 Å². The summed E-state index contributed by atoms with van der Waals surface area (Å²) >= 11 is 3.18. The Hall–Kier alpha value is -3.40. The maximum absolute atomic E-state index is 11.9. The maximum atomic E-state index is 11.9. The smallest absolute Gasteiger partial charge is 0.253 e. The molecule has 32 heavy (non-hydrogen) atoms. The van der Waals surface area contributed by atoms with Gasteiger partial charge in [-0.25, -0.2) is 3.71 Å². The molecule has 0 atom stereocenters. The zero-order valence-corrected chi connectivity index (χ0v) is 19.0. The van der Waals surface area contributed by atoms with E-state index in [0.29, 0.717) is 23.1 Å². The molecule has 0 aliphatic heterocycles. The highest BCUT2D eigenvalue weighted by molar-refractivity contribution is 8.18. The van der Waals surface area contributed by atoms with Gasteiger partial charge in [-0.3, -0.25) is 9.59 Å². The number of rotatable bonds is 8. The number of benzene rings is 3. The number of carbonyl (C=O) groups excluding carboxylic acids is 2. The summed E-state index contributed by atoms with van der Waals surface area (Å²) in [5, 5.41) is 3.17.